The van der Waals surface area contributed by atoms with Gasteiger partial charge in [0.25, 0.3) is 5.91 Å². The van der Waals surface area contributed by atoms with Crippen molar-refractivity contribution in [3.8, 4) is 22.3 Å². The maximum atomic E-state index is 14.2. The van der Waals surface area contributed by atoms with Crippen LogP contribution in [0.2, 0.25) is 0 Å². The van der Waals surface area contributed by atoms with Crippen molar-refractivity contribution in [3.05, 3.63) is 132 Å². The van der Waals surface area contributed by atoms with E-state index < -0.39 is 41.0 Å². The van der Waals surface area contributed by atoms with Crippen LogP contribution >= 0.6 is 11.8 Å². The molecule has 1 amide bonds. The Morgan fingerprint density at radius 1 is 0.830 bits per heavy atom. The second-order valence-electron chi connectivity index (χ2n) is 10.8. The van der Waals surface area contributed by atoms with E-state index in [0.717, 1.165) is 56.9 Å². The number of halogens is 4. The van der Waals surface area contributed by atoms with Crippen LogP contribution in [0.5, 0.6) is 0 Å². The Balaban J connectivity index is 1.09. The van der Waals surface area contributed by atoms with Gasteiger partial charge in [0, 0.05) is 27.8 Å². The summed E-state index contributed by atoms with van der Waals surface area (Å²) in [7, 11) is 1.13. The molecule has 1 aromatic heterocycles. The third kappa shape index (κ3) is 6.88. The van der Waals surface area contributed by atoms with Crippen LogP contribution in [0.15, 0.2) is 114 Å². The van der Waals surface area contributed by atoms with E-state index in [1.54, 1.807) is 0 Å². The number of furan rings is 1. The summed E-state index contributed by atoms with van der Waals surface area (Å²) in [6.45, 7) is 0. The first kappa shape index (κ1) is 31.9. The fraction of sp³-hybridized carbons (Fsp3) is 0.135. The van der Waals surface area contributed by atoms with E-state index in [9.17, 15) is 27.2 Å². The first-order valence-electron chi connectivity index (χ1n) is 14.6. The summed E-state index contributed by atoms with van der Waals surface area (Å²) in [6, 6.07) is 30.6. The molecule has 6 rings (SSSR count). The van der Waals surface area contributed by atoms with Crippen LogP contribution in [0.25, 0.3) is 44.2 Å². The predicted molar refractivity (Wildman–Crippen MR) is 175 cm³/mol. The number of rotatable bonds is 9. The van der Waals surface area contributed by atoms with Crippen molar-refractivity contribution in [1.82, 2.24) is 5.32 Å². The molecule has 0 aliphatic carbocycles. The summed E-state index contributed by atoms with van der Waals surface area (Å²) in [6.07, 6.45) is -4.76. The highest BCUT2D eigenvalue weighted by Gasteiger charge is 2.32. The van der Waals surface area contributed by atoms with E-state index in [0.29, 0.717) is 24.0 Å². The molecule has 0 saturated carbocycles. The van der Waals surface area contributed by atoms with Crippen molar-refractivity contribution in [2.45, 2.75) is 18.0 Å². The minimum absolute atomic E-state index is 0.0557. The van der Waals surface area contributed by atoms with Crippen molar-refractivity contribution < 1.29 is 36.3 Å². The Labute approximate surface area is 271 Å². The number of hydrogen-bond donors (Lipinski definition) is 1. The Morgan fingerprint density at radius 3 is 2.19 bits per heavy atom. The Hall–Kier alpha value is -5.09. The van der Waals surface area contributed by atoms with Crippen LogP contribution < -0.4 is 5.32 Å². The molecule has 0 fully saturated rings. The maximum Gasteiger partial charge on any atom is 0.416 e. The molecule has 6 aromatic rings. The lowest BCUT2D eigenvalue weighted by Gasteiger charge is -2.17. The molecule has 5 nitrogen and oxygen atoms in total. The van der Waals surface area contributed by atoms with Gasteiger partial charge in [-0.1, -0.05) is 84.9 Å². The van der Waals surface area contributed by atoms with Crippen molar-refractivity contribution in [1.29, 1.82) is 0 Å². The summed E-state index contributed by atoms with van der Waals surface area (Å²) in [4.78, 5) is 25.0. The fourth-order valence-electron chi connectivity index (χ4n) is 5.33. The van der Waals surface area contributed by atoms with Crippen LogP contribution in [0.3, 0.4) is 0 Å². The van der Waals surface area contributed by atoms with Gasteiger partial charge in [-0.2, -0.15) is 24.9 Å². The third-order valence-corrected chi connectivity index (χ3v) is 8.88. The van der Waals surface area contributed by atoms with Gasteiger partial charge in [-0.05, 0) is 46.5 Å². The smallest absolute Gasteiger partial charge is 0.416 e. The molecule has 5 aromatic carbocycles. The number of fused-ring (bicyclic) bond motifs is 3. The van der Waals surface area contributed by atoms with Crippen LogP contribution in [0.1, 0.15) is 21.5 Å². The molecular weight excluding hydrogens is 630 g/mol. The molecule has 0 spiro atoms. The summed E-state index contributed by atoms with van der Waals surface area (Å²) in [5, 5.41) is 4.45. The molecular formula is C37H27F4NO4S. The standard InChI is InChI=1S/C37H27F4NO4S/c1-45-36(44)32(42-35(43)30-19-26(37(39,40)41)17-18-31(30)38)21-47-20-22-9-11-23(12-10-22)24-13-15-25(16-14-24)27-6-4-7-29-28-5-2-3-8-33(28)46-34(27)29/h2-19,32H,20-21H2,1H3,(H,42,43). The van der Waals surface area contributed by atoms with Crippen molar-refractivity contribution in [2.75, 3.05) is 12.9 Å². The number of carbonyl (C=O) groups is 2. The zero-order valence-electron chi connectivity index (χ0n) is 24.9. The number of methoxy groups -OCH3 is 1. The quantitative estimate of drug-likeness (QED) is 0.124. The number of benzene rings is 5. The number of para-hydroxylation sites is 2. The number of hydrogen-bond acceptors (Lipinski definition) is 5. The van der Waals surface area contributed by atoms with E-state index in [1.165, 1.54) is 11.8 Å². The fourth-order valence-corrected chi connectivity index (χ4v) is 6.33. The number of thioether (sulfide) groups is 1. The number of esters is 1. The molecule has 1 atom stereocenters. The number of alkyl halides is 3. The number of ether oxygens (including phenoxy) is 1. The molecule has 0 aliphatic rings. The lowest BCUT2D eigenvalue weighted by Crippen LogP contribution is -2.43. The molecule has 0 saturated heterocycles. The first-order chi connectivity index (χ1) is 22.6. The van der Waals surface area contributed by atoms with Gasteiger partial charge in [-0.3, -0.25) is 4.79 Å². The van der Waals surface area contributed by atoms with Gasteiger partial charge in [-0.15, -0.1) is 0 Å². The molecule has 47 heavy (non-hydrogen) atoms. The van der Waals surface area contributed by atoms with Gasteiger partial charge in [0.2, 0.25) is 0 Å². The van der Waals surface area contributed by atoms with Gasteiger partial charge < -0.3 is 14.5 Å². The van der Waals surface area contributed by atoms with E-state index >= 15 is 0 Å². The molecule has 0 aliphatic heterocycles. The van der Waals surface area contributed by atoms with Gasteiger partial charge in [0.05, 0.1) is 18.2 Å². The second kappa shape index (κ2) is 13.3. The van der Waals surface area contributed by atoms with Gasteiger partial charge in [-0.25, -0.2) is 9.18 Å². The zero-order valence-corrected chi connectivity index (χ0v) is 25.8. The molecule has 1 heterocycles. The predicted octanol–water partition coefficient (Wildman–Crippen LogP) is 9.28. The highest BCUT2D eigenvalue weighted by atomic mass is 32.2. The highest BCUT2D eigenvalue weighted by Crippen LogP contribution is 2.36. The van der Waals surface area contributed by atoms with Crippen molar-refractivity contribution in [3.63, 3.8) is 0 Å². The summed E-state index contributed by atoms with van der Waals surface area (Å²) < 4.78 is 64.4. The molecule has 0 radical (unpaired) electrons. The van der Waals surface area contributed by atoms with E-state index in [2.05, 4.69) is 41.7 Å². The minimum Gasteiger partial charge on any atom is -0.467 e. The number of carbonyl (C=O) groups excluding carboxylic acids is 2. The second-order valence-corrected chi connectivity index (χ2v) is 11.8. The summed E-state index contributed by atoms with van der Waals surface area (Å²) >= 11 is 1.31. The lowest BCUT2D eigenvalue weighted by atomic mass is 9.98. The first-order valence-corrected chi connectivity index (χ1v) is 15.7. The average molecular weight is 658 g/mol. The minimum atomic E-state index is -4.76. The van der Waals surface area contributed by atoms with E-state index in [-0.39, 0.29) is 5.75 Å². The number of nitrogens with one attached hydrogen (secondary N) is 1. The summed E-state index contributed by atoms with van der Waals surface area (Å²) in [5.74, 6) is -2.55. The Kier molecular flexibility index (Phi) is 9.04. The van der Waals surface area contributed by atoms with Gasteiger partial charge in [0.1, 0.15) is 23.0 Å². The van der Waals surface area contributed by atoms with Crippen molar-refractivity contribution >= 4 is 45.6 Å². The van der Waals surface area contributed by atoms with E-state index in [4.69, 9.17) is 9.15 Å². The van der Waals surface area contributed by atoms with Gasteiger partial charge >= 0.3 is 12.1 Å². The van der Waals surface area contributed by atoms with Crippen LogP contribution in [0, 0.1) is 5.82 Å². The lowest BCUT2D eigenvalue weighted by molar-refractivity contribution is -0.142. The molecule has 238 valence electrons. The Bertz CT molecular complexity index is 2070. The molecule has 1 N–H and O–H groups in total. The average Bonchev–Trinajstić information content (AvgIpc) is 3.46. The topological polar surface area (TPSA) is 68.5 Å². The largest absolute Gasteiger partial charge is 0.467 e. The van der Waals surface area contributed by atoms with Crippen molar-refractivity contribution in [2.24, 2.45) is 0 Å². The van der Waals surface area contributed by atoms with Crippen LogP contribution in [-0.2, 0) is 21.5 Å². The SMILES string of the molecule is COC(=O)C(CSCc1ccc(-c2ccc(-c3cccc4c3oc3ccccc34)cc2)cc1)NC(=O)c1cc(C(F)(F)F)ccc1F. The Morgan fingerprint density at radius 2 is 1.49 bits per heavy atom. The highest BCUT2D eigenvalue weighted by molar-refractivity contribution is 7.98. The zero-order chi connectivity index (χ0) is 33.1. The molecule has 0 bridgehead atoms. The van der Waals surface area contributed by atoms with E-state index in [1.807, 2.05) is 54.6 Å². The molecule has 1 unspecified atom stereocenters. The summed E-state index contributed by atoms with van der Waals surface area (Å²) in [5.41, 5.74) is 4.75. The number of amides is 1. The van der Waals surface area contributed by atoms with Crippen LogP contribution in [0.4, 0.5) is 17.6 Å². The maximum absolute atomic E-state index is 14.2. The van der Waals surface area contributed by atoms with Crippen LogP contribution in [-0.4, -0.2) is 30.8 Å². The molecule has 10 heteroatoms. The van der Waals surface area contributed by atoms with Gasteiger partial charge in [0.15, 0.2) is 0 Å². The third-order valence-electron chi connectivity index (χ3n) is 7.77. The monoisotopic (exact) mass is 657 g/mol. The normalized spacial score (nSPS) is 12.3.